The lowest BCUT2D eigenvalue weighted by Crippen LogP contribution is -2.25. The van der Waals surface area contributed by atoms with Gasteiger partial charge in [0.05, 0.1) is 23.8 Å². The predicted octanol–water partition coefficient (Wildman–Crippen LogP) is 3.11. The zero-order valence-corrected chi connectivity index (χ0v) is 15.3. The van der Waals surface area contributed by atoms with Crippen LogP contribution in [0.3, 0.4) is 0 Å². The minimum Gasteiger partial charge on any atom is -0.495 e. The van der Waals surface area contributed by atoms with Crippen LogP contribution < -0.4 is 10.1 Å². The van der Waals surface area contributed by atoms with Crippen LogP contribution in [-0.2, 0) is 4.74 Å². The Morgan fingerprint density at radius 2 is 2.00 bits per heavy atom. The van der Waals surface area contributed by atoms with Gasteiger partial charge in [-0.05, 0) is 43.7 Å². The zero-order chi connectivity index (χ0) is 18.5. The number of rotatable bonds is 7. The van der Waals surface area contributed by atoms with Gasteiger partial charge in [0.2, 0.25) is 0 Å². The van der Waals surface area contributed by atoms with Gasteiger partial charge in [0, 0.05) is 25.8 Å². The van der Waals surface area contributed by atoms with Gasteiger partial charge < -0.3 is 14.8 Å². The fourth-order valence-corrected chi connectivity index (χ4v) is 2.98. The molecule has 2 aromatic carbocycles. The minimum absolute atomic E-state index is 0.104. The molecule has 0 spiro atoms. The molecule has 0 saturated carbocycles. The number of fused-ring (bicyclic) bond motifs is 1. The first-order valence-corrected chi connectivity index (χ1v) is 8.55. The van der Waals surface area contributed by atoms with E-state index in [-0.39, 0.29) is 5.91 Å². The summed E-state index contributed by atoms with van der Waals surface area (Å²) in [6, 6.07) is 13.4. The first-order valence-electron chi connectivity index (χ1n) is 8.55. The maximum absolute atomic E-state index is 12.3. The van der Waals surface area contributed by atoms with Crippen molar-refractivity contribution in [2.45, 2.75) is 13.3 Å². The number of hydrogen-bond donors (Lipinski definition) is 1. The summed E-state index contributed by atoms with van der Waals surface area (Å²) in [5.74, 6) is 1.50. The number of nitrogens with zero attached hydrogens (tertiary/aromatic N) is 2. The quantitative estimate of drug-likeness (QED) is 0.663. The summed E-state index contributed by atoms with van der Waals surface area (Å²) in [4.78, 5) is 16.9. The summed E-state index contributed by atoms with van der Waals surface area (Å²) in [6.45, 7) is 3.15. The predicted molar refractivity (Wildman–Crippen MR) is 101 cm³/mol. The molecule has 0 fully saturated rings. The van der Waals surface area contributed by atoms with Gasteiger partial charge in [-0.1, -0.05) is 12.1 Å². The van der Waals surface area contributed by atoms with Gasteiger partial charge in [-0.15, -0.1) is 0 Å². The number of methoxy groups -OCH3 is 2. The normalized spacial score (nSPS) is 10.9. The number of aryl methyl sites for hydroxylation is 1. The van der Waals surface area contributed by atoms with Crippen molar-refractivity contribution in [2.75, 3.05) is 27.4 Å². The van der Waals surface area contributed by atoms with Crippen molar-refractivity contribution in [3.8, 4) is 11.4 Å². The SMILES string of the molecule is COCCCNC(=O)c1ccc2c(c1)nc(C)n2-c1ccccc1OC. The molecular formula is C20H23N3O3. The third-order valence-corrected chi connectivity index (χ3v) is 4.22. The van der Waals surface area contributed by atoms with Gasteiger partial charge in [-0.2, -0.15) is 0 Å². The molecule has 6 nitrogen and oxygen atoms in total. The molecule has 136 valence electrons. The number of ether oxygens (including phenoxy) is 2. The van der Waals surface area contributed by atoms with Crippen molar-refractivity contribution in [2.24, 2.45) is 0 Å². The molecule has 0 aliphatic carbocycles. The van der Waals surface area contributed by atoms with Gasteiger partial charge in [0.1, 0.15) is 11.6 Å². The summed E-state index contributed by atoms with van der Waals surface area (Å²) in [7, 11) is 3.30. The topological polar surface area (TPSA) is 65.4 Å². The summed E-state index contributed by atoms with van der Waals surface area (Å²) < 4.78 is 12.5. The Kier molecular flexibility index (Phi) is 5.53. The van der Waals surface area contributed by atoms with Crippen molar-refractivity contribution in [1.82, 2.24) is 14.9 Å². The number of amides is 1. The molecule has 1 heterocycles. The van der Waals surface area contributed by atoms with Crippen LogP contribution in [-0.4, -0.2) is 42.8 Å². The molecule has 6 heteroatoms. The number of para-hydroxylation sites is 2. The number of nitrogens with one attached hydrogen (secondary N) is 1. The molecule has 1 aromatic heterocycles. The Labute approximate surface area is 152 Å². The summed E-state index contributed by atoms with van der Waals surface area (Å²) in [6.07, 6.45) is 0.784. The molecule has 0 saturated heterocycles. The van der Waals surface area contributed by atoms with E-state index >= 15 is 0 Å². The van der Waals surface area contributed by atoms with Crippen LogP contribution >= 0.6 is 0 Å². The standard InChI is InChI=1S/C20H23N3O3/c1-14-22-16-13-15(20(24)21-11-6-12-25-2)9-10-17(16)23(14)18-7-4-5-8-19(18)26-3/h4-5,7-10,13H,6,11-12H2,1-3H3,(H,21,24). The molecule has 26 heavy (non-hydrogen) atoms. The minimum atomic E-state index is -0.104. The molecule has 0 aliphatic heterocycles. The highest BCUT2D eigenvalue weighted by Gasteiger charge is 2.14. The molecule has 1 N–H and O–H groups in total. The number of hydrogen-bond acceptors (Lipinski definition) is 4. The lowest BCUT2D eigenvalue weighted by Gasteiger charge is -2.11. The van der Waals surface area contributed by atoms with Gasteiger partial charge in [-0.25, -0.2) is 4.98 Å². The lowest BCUT2D eigenvalue weighted by atomic mass is 10.2. The van der Waals surface area contributed by atoms with Gasteiger partial charge in [0.15, 0.2) is 0 Å². The van der Waals surface area contributed by atoms with Crippen LogP contribution in [0.2, 0.25) is 0 Å². The van der Waals surface area contributed by atoms with E-state index in [0.717, 1.165) is 34.7 Å². The first kappa shape index (κ1) is 17.9. The Morgan fingerprint density at radius 3 is 2.77 bits per heavy atom. The van der Waals surface area contributed by atoms with Crippen LogP contribution in [0.15, 0.2) is 42.5 Å². The van der Waals surface area contributed by atoms with Crippen molar-refractivity contribution >= 4 is 16.9 Å². The third kappa shape index (κ3) is 3.55. The number of carbonyl (C=O) groups excluding carboxylic acids is 1. The van der Waals surface area contributed by atoms with E-state index in [1.165, 1.54) is 0 Å². The molecule has 3 rings (SSSR count). The van der Waals surface area contributed by atoms with E-state index in [1.807, 2.05) is 54.0 Å². The Hall–Kier alpha value is -2.86. The van der Waals surface area contributed by atoms with Crippen LogP contribution in [0.4, 0.5) is 0 Å². The second-order valence-corrected chi connectivity index (χ2v) is 5.97. The highest BCUT2D eigenvalue weighted by atomic mass is 16.5. The van der Waals surface area contributed by atoms with Crippen LogP contribution in [0.5, 0.6) is 5.75 Å². The smallest absolute Gasteiger partial charge is 0.251 e. The molecule has 0 bridgehead atoms. The Morgan fingerprint density at radius 1 is 1.19 bits per heavy atom. The largest absolute Gasteiger partial charge is 0.495 e. The van der Waals surface area contributed by atoms with E-state index in [4.69, 9.17) is 9.47 Å². The maximum Gasteiger partial charge on any atom is 0.251 e. The fraction of sp³-hybridized carbons (Fsp3) is 0.300. The Balaban J connectivity index is 1.92. The molecule has 3 aromatic rings. The number of benzene rings is 2. The van der Waals surface area contributed by atoms with Crippen LogP contribution in [0.25, 0.3) is 16.7 Å². The average Bonchev–Trinajstić information content (AvgIpc) is 2.99. The third-order valence-electron chi connectivity index (χ3n) is 4.22. The molecule has 0 radical (unpaired) electrons. The molecular weight excluding hydrogens is 330 g/mol. The molecule has 0 atom stereocenters. The number of imidazole rings is 1. The molecule has 1 amide bonds. The van der Waals surface area contributed by atoms with E-state index in [1.54, 1.807) is 14.2 Å². The van der Waals surface area contributed by atoms with Crippen molar-refractivity contribution in [3.05, 3.63) is 53.9 Å². The number of aromatic nitrogens is 2. The van der Waals surface area contributed by atoms with Gasteiger partial charge in [-0.3, -0.25) is 9.36 Å². The van der Waals surface area contributed by atoms with Gasteiger partial charge in [0.25, 0.3) is 5.91 Å². The van der Waals surface area contributed by atoms with Crippen molar-refractivity contribution in [3.63, 3.8) is 0 Å². The highest BCUT2D eigenvalue weighted by molar-refractivity contribution is 5.97. The summed E-state index contributed by atoms with van der Waals surface area (Å²) in [5.41, 5.74) is 3.23. The zero-order valence-electron chi connectivity index (χ0n) is 15.3. The van der Waals surface area contributed by atoms with Crippen LogP contribution in [0, 0.1) is 6.92 Å². The van der Waals surface area contributed by atoms with Crippen LogP contribution in [0.1, 0.15) is 22.6 Å². The highest BCUT2D eigenvalue weighted by Crippen LogP contribution is 2.28. The second-order valence-electron chi connectivity index (χ2n) is 5.97. The lowest BCUT2D eigenvalue weighted by molar-refractivity contribution is 0.0948. The van der Waals surface area contributed by atoms with E-state index in [9.17, 15) is 4.79 Å². The van der Waals surface area contributed by atoms with E-state index < -0.39 is 0 Å². The summed E-state index contributed by atoms with van der Waals surface area (Å²) in [5, 5.41) is 2.90. The van der Waals surface area contributed by atoms with Crippen molar-refractivity contribution < 1.29 is 14.3 Å². The van der Waals surface area contributed by atoms with E-state index in [0.29, 0.717) is 18.7 Å². The summed E-state index contributed by atoms with van der Waals surface area (Å²) >= 11 is 0. The molecule has 0 aliphatic rings. The number of carbonyl (C=O) groups is 1. The second kappa shape index (κ2) is 8.01. The Bertz CT molecular complexity index is 918. The van der Waals surface area contributed by atoms with Gasteiger partial charge >= 0.3 is 0 Å². The average molecular weight is 353 g/mol. The fourth-order valence-electron chi connectivity index (χ4n) is 2.98. The first-order chi connectivity index (χ1) is 12.7. The monoisotopic (exact) mass is 353 g/mol. The van der Waals surface area contributed by atoms with Crippen molar-refractivity contribution in [1.29, 1.82) is 0 Å². The molecule has 0 unspecified atom stereocenters. The van der Waals surface area contributed by atoms with E-state index in [2.05, 4.69) is 10.3 Å². The maximum atomic E-state index is 12.3.